The number of benzene rings is 1. The van der Waals surface area contributed by atoms with Gasteiger partial charge in [0.2, 0.25) is 0 Å². The zero-order valence-corrected chi connectivity index (χ0v) is 13.4. The molecule has 0 amide bonds. The highest BCUT2D eigenvalue weighted by molar-refractivity contribution is 7.80. The lowest BCUT2D eigenvalue weighted by Gasteiger charge is -2.11. The lowest BCUT2D eigenvalue weighted by atomic mass is 10.3. The van der Waals surface area contributed by atoms with E-state index in [1.165, 1.54) is 0 Å². The van der Waals surface area contributed by atoms with E-state index in [9.17, 15) is 0 Å². The lowest BCUT2D eigenvalue weighted by Crippen LogP contribution is -2.19. The molecule has 0 spiro atoms. The van der Waals surface area contributed by atoms with E-state index in [1.807, 2.05) is 24.6 Å². The zero-order valence-electron chi connectivity index (χ0n) is 11.1. The Morgan fingerprint density at radius 3 is 2.65 bits per heavy atom. The van der Waals surface area contributed by atoms with E-state index in [2.05, 4.69) is 15.7 Å². The molecule has 7 heteroatoms. The van der Waals surface area contributed by atoms with Crippen LogP contribution in [-0.4, -0.2) is 14.9 Å². The van der Waals surface area contributed by atoms with Gasteiger partial charge in [-0.1, -0.05) is 23.2 Å². The van der Waals surface area contributed by atoms with Gasteiger partial charge in [-0.05, 0) is 44.3 Å². The minimum Gasteiger partial charge on any atom is -0.332 e. The lowest BCUT2D eigenvalue weighted by molar-refractivity contribution is 0.640. The molecule has 106 valence electrons. The minimum absolute atomic E-state index is 0.474. The Balaban J connectivity index is 2.05. The van der Waals surface area contributed by atoms with Crippen molar-refractivity contribution in [2.45, 2.75) is 20.4 Å². The van der Waals surface area contributed by atoms with E-state index in [-0.39, 0.29) is 0 Å². The average Bonchev–Trinajstić information content (AvgIpc) is 2.75. The van der Waals surface area contributed by atoms with Crippen molar-refractivity contribution in [3.63, 3.8) is 0 Å². The van der Waals surface area contributed by atoms with Gasteiger partial charge in [0.1, 0.15) is 0 Å². The quantitative estimate of drug-likeness (QED) is 0.823. The number of aromatic nitrogens is 2. The van der Waals surface area contributed by atoms with Crippen LogP contribution in [-0.2, 0) is 6.54 Å². The fraction of sp³-hybridized carbons (Fsp3) is 0.231. The fourth-order valence-corrected chi connectivity index (χ4v) is 2.27. The van der Waals surface area contributed by atoms with Gasteiger partial charge >= 0.3 is 0 Å². The van der Waals surface area contributed by atoms with Crippen molar-refractivity contribution in [2.24, 2.45) is 0 Å². The summed E-state index contributed by atoms with van der Waals surface area (Å²) in [6, 6.07) is 5.25. The molecular formula is C13H14Cl2N4S. The predicted molar refractivity (Wildman–Crippen MR) is 88.9 cm³/mol. The Hall–Kier alpha value is -1.30. The summed E-state index contributed by atoms with van der Waals surface area (Å²) in [5.74, 6) is 0. The first-order valence-corrected chi connectivity index (χ1v) is 7.23. The van der Waals surface area contributed by atoms with Crippen LogP contribution in [0.25, 0.3) is 0 Å². The van der Waals surface area contributed by atoms with Crippen molar-refractivity contribution < 1.29 is 0 Å². The molecule has 0 aliphatic heterocycles. The van der Waals surface area contributed by atoms with Gasteiger partial charge < -0.3 is 10.6 Å². The van der Waals surface area contributed by atoms with E-state index >= 15 is 0 Å². The van der Waals surface area contributed by atoms with Crippen molar-refractivity contribution >= 4 is 51.9 Å². The van der Waals surface area contributed by atoms with E-state index in [1.54, 1.807) is 18.3 Å². The number of aryl methyl sites for hydroxylation is 1. The number of nitrogens with zero attached hydrogens (tertiary/aromatic N) is 2. The minimum atomic E-state index is 0.474. The van der Waals surface area contributed by atoms with Gasteiger partial charge in [-0.25, -0.2) is 0 Å². The highest BCUT2D eigenvalue weighted by Crippen LogP contribution is 2.25. The molecule has 0 radical (unpaired) electrons. The van der Waals surface area contributed by atoms with Gasteiger partial charge in [-0.3, -0.25) is 4.68 Å². The second-order valence-electron chi connectivity index (χ2n) is 4.17. The molecule has 2 rings (SSSR count). The number of anilines is 2. The topological polar surface area (TPSA) is 41.9 Å². The van der Waals surface area contributed by atoms with Gasteiger partial charge in [0.05, 0.1) is 27.6 Å². The molecule has 2 N–H and O–H groups in total. The second-order valence-corrected chi connectivity index (χ2v) is 5.39. The maximum absolute atomic E-state index is 5.96. The monoisotopic (exact) mass is 328 g/mol. The Morgan fingerprint density at radius 2 is 2.05 bits per heavy atom. The number of halogens is 2. The van der Waals surface area contributed by atoms with Gasteiger partial charge in [0.25, 0.3) is 0 Å². The molecule has 0 fully saturated rings. The SMILES string of the molecule is CCn1ncc(NC(=S)Nc2ccc(Cl)c(Cl)c2)c1C. The van der Waals surface area contributed by atoms with Crippen LogP contribution in [0.15, 0.2) is 24.4 Å². The molecule has 1 heterocycles. The zero-order chi connectivity index (χ0) is 14.7. The molecule has 20 heavy (non-hydrogen) atoms. The second kappa shape index (κ2) is 6.43. The highest BCUT2D eigenvalue weighted by atomic mass is 35.5. The molecule has 4 nitrogen and oxygen atoms in total. The van der Waals surface area contributed by atoms with Gasteiger partial charge in [0.15, 0.2) is 5.11 Å². The predicted octanol–water partition coefficient (Wildman–Crippen LogP) is 4.33. The van der Waals surface area contributed by atoms with Crippen LogP contribution in [0.4, 0.5) is 11.4 Å². The Kier molecular flexibility index (Phi) is 4.86. The smallest absolute Gasteiger partial charge is 0.175 e. The fourth-order valence-electron chi connectivity index (χ4n) is 1.75. The van der Waals surface area contributed by atoms with Crippen LogP contribution < -0.4 is 10.6 Å². The van der Waals surface area contributed by atoms with Crippen LogP contribution >= 0.6 is 35.4 Å². The first-order chi connectivity index (χ1) is 9.51. The van der Waals surface area contributed by atoms with E-state index in [0.717, 1.165) is 23.6 Å². The van der Waals surface area contributed by atoms with Crippen LogP contribution in [0.2, 0.25) is 10.0 Å². The van der Waals surface area contributed by atoms with Gasteiger partial charge in [0, 0.05) is 12.2 Å². The molecule has 0 atom stereocenters. The highest BCUT2D eigenvalue weighted by Gasteiger charge is 2.07. The summed E-state index contributed by atoms with van der Waals surface area (Å²) in [6.45, 7) is 4.84. The Labute approximate surface area is 133 Å². The normalized spacial score (nSPS) is 10.4. The number of nitrogens with one attached hydrogen (secondary N) is 2. The Bertz CT molecular complexity index is 639. The number of thiocarbonyl (C=S) groups is 1. The van der Waals surface area contributed by atoms with E-state index in [0.29, 0.717) is 15.2 Å². The summed E-state index contributed by atoms with van der Waals surface area (Å²) >= 11 is 17.1. The van der Waals surface area contributed by atoms with Crippen molar-refractivity contribution in [1.82, 2.24) is 9.78 Å². The van der Waals surface area contributed by atoms with Crippen molar-refractivity contribution in [3.8, 4) is 0 Å². The van der Waals surface area contributed by atoms with Crippen LogP contribution in [0, 0.1) is 6.92 Å². The van der Waals surface area contributed by atoms with Crippen LogP contribution in [0.5, 0.6) is 0 Å². The summed E-state index contributed by atoms with van der Waals surface area (Å²) in [7, 11) is 0. The summed E-state index contributed by atoms with van der Waals surface area (Å²) in [4.78, 5) is 0. The standard InChI is InChI=1S/C13H14Cl2N4S/c1-3-19-8(2)12(7-16-19)18-13(20)17-9-4-5-10(14)11(15)6-9/h4-7H,3H2,1-2H3,(H2,17,18,20). The van der Waals surface area contributed by atoms with Crippen molar-refractivity contribution in [1.29, 1.82) is 0 Å². The first kappa shape index (κ1) is 15.1. The molecule has 2 aromatic rings. The number of hydrogen-bond acceptors (Lipinski definition) is 2. The summed E-state index contributed by atoms with van der Waals surface area (Å²) in [5.41, 5.74) is 2.69. The van der Waals surface area contributed by atoms with Crippen LogP contribution in [0.3, 0.4) is 0 Å². The third-order valence-electron chi connectivity index (χ3n) is 2.83. The van der Waals surface area contributed by atoms with Crippen LogP contribution in [0.1, 0.15) is 12.6 Å². The third-order valence-corrected chi connectivity index (χ3v) is 3.77. The average molecular weight is 329 g/mol. The van der Waals surface area contributed by atoms with E-state index in [4.69, 9.17) is 35.4 Å². The molecule has 0 saturated heterocycles. The Morgan fingerprint density at radius 1 is 1.30 bits per heavy atom. The summed E-state index contributed by atoms with van der Waals surface area (Å²) < 4.78 is 1.89. The third kappa shape index (κ3) is 3.42. The largest absolute Gasteiger partial charge is 0.332 e. The molecule has 0 saturated carbocycles. The van der Waals surface area contributed by atoms with Crippen molar-refractivity contribution in [3.05, 3.63) is 40.1 Å². The maximum atomic E-state index is 5.96. The van der Waals surface area contributed by atoms with E-state index < -0.39 is 0 Å². The summed E-state index contributed by atoms with van der Waals surface area (Å²) in [6.07, 6.45) is 1.75. The maximum Gasteiger partial charge on any atom is 0.175 e. The molecule has 0 aliphatic carbocycles. The molecule has 1 aromatic carbocycles. The molecule has 0 unspecified atom stereocenters. The molecule has 0 bridgehead atoms. The molecule has 0 aliphatic rings. The number of rotatable bonds is 3. The molecule has 1 aromatic heterocycles. The van der Waals surface area contributed by atoms with Gasteiger partial charge in [-0.15, -0.1) is 0 Å². The van der Waals surface area contributed by atoms with Crippen molar-refractivity contribution in [2.75, 3.05) is 10.6 Å². The number of hydrogen-bond donors (Lipinski definition) is 2. The summed E-state index contributed by atoms with van der Waals surface area (Å²) in [5, 5.41) is 11.9. The van der Waals surface area contributed by atoms with Gasteiger partial charge in [-0.2, -0.15) is 5.10 Å². The molecular weight excluding hydrogens is 315 g/mol. The first-order valence-electron chi connectivity index (χ1n) is 6.06.